The molecule has 0 saturated heterocycles. The van der Waals surface area contributed by atoms with Gasteiger partial charge in [-0.25, -0.2) is 22.8 Å². The van der Waals surface area contributed by atoms with Gasteiger partial charge in [0.2, 0.25) is 51.5 Å². The minimum Gasteiger partial charge on any atom is -0.542 e. The number of halogens is 5. The number of carbonyl (C=O) groups excluding carboxylic acids is 2. The maximum Gasteiger partial charge on any atom is 0.408 e. The number of hydrogen-bond acceptors (Lipinski definition) is 6. The van der Waals surface area contributed by atoms with Crippen LogP contribution in [-0.2, 0) is 16.0 Å². The van der Waals surface area contributed by atoms with Gasteiger partial charge in [0.05, 0.1) is 0 Å². The van der Waals surface area contributed by atoms with Crippen LogP contribution in [0.25, 0.3) is 0 Å². The minimum absolute atomic E-state index is 0.00710. The van der Waals surface area contributed by atoms with Crippen LogP contribution in [-0.4, -0.2) is 40.3 Å². The average Bonchev–Trinajstić information content (AvgIpc) is 2.85. The zero-order valence-electron chi connectivity index (χ0n) is 30.3. The molecule has 0 aliphatic heterocycles. The standard InChI is InChI=1S/C34H50F5NO6Si2/c1-32(2,3)18-47(10,11)45-22-15-14-20(17-23(22)46-48(12,13)19-33(4,5)6)16-21(40-31(42)44-34(7,8)9)30(41)43-29-27(38)25(36)24(35)26(37)28(29)39/h14-15,17,21H,16,18-19H2,1-13H3,(H,40,42)/t21-/m0/s1. The topological polar surface area (TPSA) is 83.1 Å². The van der Waals surface area contributed by atoms with Crippen LogP contribution in [0.3, 0.4) is 0 Å². The molecular weight excluding hydrogens is 670 g/mol. The van der Waals surface area contributed by atoms with Crippen molar-refractivity contribution in [1.82, 2.24) is 5.32 Å². The second kappa shape index (κ2) is 14.8. The first-order chi connectivity index (χ1) is 21.5. The van der Waals surface area contributed by atoms with Crippen LogP contribution in [0, 0.1) is 39.9 Å². The van der Waals surface area contributed by atoms with E-state index in [1.54, 1.807) is 39.0 Å². The number of esters is 1. The SMILES string of the molecule is CC(C)(C)C[Si](C)(C)Oc1ccc(C[C@H](NC(=O)OC(C)(C)C)C(=O)Oc2c(F)c(F)c(F)c(F)c2F)cc1O[Si](C)(C)CC(C)(C)C. The quantitative estimate of drug-likeness (QED) is 0.0622. The molecule has 270 valence electrons. The Morgan fingerprint density at radius 1 is 0.708 bits per heavy atom. The molecule has 0 unspecified atom stereocenters. The summed E-state index contributed by atoms with van der Waals surface area (Å²) in [5, 5.41) is 2.30. The van der Waals surface area contributed by atoms with Gasteiger partial charge >= 0.3 is 12.1 Å². The van der Waals surface area contributed by atoms with Crippen molar-refractivity contribution < 1.29 is 49.9 Å². The smallest absolute Gasteiger partial charge is 0.408 e. The molecule has 0 saturated carbocycles. The number of rotatable bonds is 11. The van der Waals surface area contributed by atoms with E-state index in [-0.39, 0.29) is 17.3 Å². The van der Waals surface area contributed by atoms with Crippen molar-refractivity contribution in [2.24, 2.45) is 10.8 Å². The Hall–Kier alpha value is -3.14. The average molecular weight is 720 g/mol. The van der Waals surface area contributed by atoms with Gasteiger partial charge in [0.1, 0.15) is 23.1 Å². The largest absolute Gasteiger partial charge is 0.542 e. The number of benzene rings is 2. The van der Waals surface area contributed by atoms with Gasteiger partial charge < -0.3 is 23.6 Å². The van der Waals surface area contributed by atoms with Gasteiger partial charge in [-0.2, -0.15) is 8.78 Å². The predicted molar refractivity (Wildman–Crippen MR) is 180 cm³/mol. The van der Waals surface area contributed by atoms with Crippen LogP contribution in [0.15, 0.2) is 18.2 Å². The summed E-state index contributed by atoms with van der Waals surface area (Å²) in [5.41, 5.74) is -0.603. The van der Waals surface area contributed by atoms with Gasteiger partial charge in [-0.1, -0.05) is 47.6 Å². The van der Waals surface area contributed by atoms with Gasteiger partial charge in [0, 0.05) is 6.42 Å². The molecule has 0 spiro atoms. The molecule has 0 aliphatic carbocycles. The maximum absolute atomic E-state index is 14.4. The van der Waals surface area contributed by atoms with Crippen LogP contribution in [0.4, 0.5) is 26.7 Å². The van der Waals surface area contributed by atoms with E-state index < -0.39 is 75.2 Å². The predicted octanol–water partition coefficient (Wildman–Crippen LogP) is 9.68. The van der Waals surface area contributed by atoms with Crippen LogP contribution in [0.1, 0.15) is 67.9 Å². The second-order valence-corrected chi connectivity index (χ2v) is 24.9. The number of ether oxygens (including phenoxy) is 2. The highest BCUT2D eigenvalue weighted by atomic mass is 28.4. The Morgan fingerprint density at radius 2 is 1.15 bits per heavy atom. The molecule has 14 heteroatoms. The molecule has 0 bridgehead atoms. The second-order valence-electron chi connectivity index (χ2n) is 16.7. The molecule has 0 aliphatic rings. The highest BCUT2D eigenvalue weighted by Crippen LogP contribution is 2.38. The molecule has 2 aromatic carbocycles. The summed E-state index contributed by atoms with van der Waals surface area (Å²) in [4.78, 5) is 26.0. The van der Waals surface area contributed by atoms with Crippen molar-refractivity contribution in [3.8, 4) is 17.2 Å². The van der Waals surface area contributed by atoms with Crippen molar-refractivity contribution in [1.29, 1.82) is 0 Å². The van der Waals surface area contributed by atoms with Gasteiger partial charge in [-0.05, 0) is 87.6 Å². The normalized spacial score (nSPS) is 13.5. The summed E-state index contributed by atoms with van der Waals surface area (Å²) < 4.78 is 93.4. The Balaban J connectivity index is 2.60. The van der Waals surface area contributed by atoms with Crippen LogP contribution >= 0.6 is 0 Å². The molecule has 0 fully saturated rings. The minimum atomic E-state index is -2.41. The van der Waals surface area contributed by atoms with Gasteiger partial charge in [-0.3, -0.25) is 0 Å². The van der Waals surface area contributed by atoms with E-state index in [1.165, 1.54) is 0 Å². The van der Waals surface area contributed by atoms with Gasteiger partial charge in [0.15, 0.2) is 0 Å². The summed E-state index contributed by atoms with van der Waals surface area (Å²) >= 11 is 0. The highest BCUT2D eigenvalue weighted by molar-refractivity contribution is 6.72. The van der Waals surface area contributed by atoms with E-state index in [2.05, 4.69) is 73.0 Å². The van der Waals surface area contributed by atoms with E-state index in [0.717, 1.165) is 12.1 Å². The molecule has 1 atom stereocenters. The third-order valence-electron chi connectivity index (χ3n) is 6.48. The molecule has 2 aromatic rings. The molecule has 1 N–H and O–H groups in total. The van der Waals surface area contributed by atoms with Crippen molar-refractivity contribution in [2.45, 2.75) is 119 Å². The lowest BCUT2D eigenvalue weighted by atomic mass is 10.0. The van der Waals surface area contributed by atoms with Crippen molar-refractivity contribution in [3.05, 3.63) is 52.8 Å². The zero-order chi connectivity index (χ0) is 37.2. The zero-order valence-corrected chi connectivity index (χ0v) is 32.3. The molecule has 0 heterocycles. The molecule has 48 heavy (non-hydrogen) atoms. The summed E-state index contributed by atoms with van der Waals surface area (Å²) in [5.74, 6) is -14.0. The molecule has 7 nitrogen and oxygen atoms in total. The molecule has 1 amide bonds. The molecular formula is C34H50F5NO6Si2. The van der Waals surface area contributed by atoms with Crippen molar-refractivity contribution in [2.75, 3.05) is 0 Å². The van der Waals surface area contributed by atoms with Crippen LogP contribution in [0.5, 0.6) is 17.2 Å². The lowest BCUT2D eigenvalue weighted by molar-refractivity contribution is -0.137. The van der Waals surface area contributed by atoms with Gasteiger partial charge in [0.25, 0.3) is 0 Å². The van der Waals surface area contributed by atoms with Crippen molar-refractivity contribution in [3.63, 3.8) is 0 Å². The monoisotopic (exact) mass is 719 g/mol. The first-order valence-electron chi connectivity index (χ1n) is 15.7. The first-order valence-corrected chi connectivity index (χ1v) is 22.0. The summed E-state index contributed by atoms with van der Waals surface area (Å²) in [6.07, 6.45) is -1.40. The lowest BCUT2D eigenvalue weighted by Crippen LogP contribution is -2.46. The molecule has 2 rings (SSSR count). The van der Waals surface area contributed by atoms with Crippen LogP contribution in [0.2, 0.25) is 38.3 Å². The first kappa shape index (κ1) is 41.0. The number of alkyl carbamates (subject to hydrolysis) is 1. The van der Waals surface area contributed by atoms with E-state index in [4.69, 9.17) is 18.3 Å². The number of amides is 1. The fourth-order valence-electron chi connectivity index (χ4n) is 5.79. The Morgan fingerprint density at radius 3 is 1.58 bits per heavy atom. The van der Waals surface area contributed by atoms with E-state index in [1.807, 2.05) is 0 Å². The molecule has 0 aromatic heterocycles. The summed E-state index contributed by atoms with van der Waals surface area (Å²) in [7, 11) is -4.66. The molecule has 0 radical (unpaired) electrons. The van der Waals surface area contributed by atoms with E-state index in [9.17, 15) is 31.5 Å². The lowest BCUT2D eigenvalue weighted by Gasteiger charge is -2.35. The Labute approximate surface area is 283 Å². The summed E-state index contributed by atoms with van der Waals surface area (Å²) in [6, 6.07) is 4.95. The fraction of sp³-hybridized carbons (Fsp3) is 0.588. The van der Waals surface area contributed by atoms with E-state index in [0.29, 0.717) is 17.1 Å². The Kier molecular flexibility index (Phi) is 12.6. The van der Waals surface area contributed by atoms with Gasteiger partial charge in [-0.15, -0.1) is 0 Å². The van der Waals surface area contributed by atoms with Crippen LogP contribution < -0.4 is 18.9 Å². The number of hydrogen-bond donors (Lipinski definition) is 1. The summed E-state index contributed by atoms with van der Waals surface area (Å²) in [6.45, 7) is 25.8. The maximum atomic E-state index is 14.4. The number of nitrogens with one attached hydrogen (secondary N) is 1. The fourth-order valence-corrected chi connectivity index (χ4v) is 12.6. The Bertz CT molecular complexity index is 1470. The highest BCUT2D eigenvalue weighted by Gasteiger charge is 2.36. The third kappa shape index (κ3) is 12.7. The third-order valence-corrected chi connectivity index (χ3v) is 11.8. The van der Waals surface area contributed by atoms with E-state index >= 15 is 0 Å². The number of carbonyl (C=O) groups is 2. The van der Waals surface area contributed by atoms with Crippen molar-refractivity contribution >= 4 is 28.7 Å².